The smallest absolute Gasteiger partial charge is 0.147 e. The molecule has 2 rings (SSSR count). The van der Waals surface area contributed by atoms with Crippen LogP contribution in [0.25, 0.3) is 0 Å². The summed E-state index contributed by atoms with van der Waals surface area (Å²) in [6, 6.07) is 8.41. The van der Waals surface area contributed by atoms with E-state index in [1.807, 2.05) is 14.1 Å². The summed E-state index contributed by atoms with van der Waals surface area (Å²) in [6.45, 7) is 3.70. The lowest BCUT2D eigenvalue weighted by Crippen LogP contribution is -2.19. The highest BCUT2D eigenvalue weighted by atomic mass is 15.2. The van der Waals surface area contributed by atoms with Gasteiger partial charge in [-0.15, -0.1) is 0 Å². The third-order valence-electron chi connectivity index (χ3n) is 3.09. The van der Waals surface area contributed by atoms with Gasteiger partial charge in [0.25, 0.3) is 0 Å². The highest BCUT2D eigenvalue weighted by Crippen LogP contribution is 2.14. The van der Waals surface area contributed by atoms with E-state index in [-0.39, 0.29) is 0 Å². The monoisotopic (exact) mass is 256 g/mol. The maximum Gasteiger partial charge on any atom is 0.147 e. The lowest BCUT2D eigenvalue weighted by molar-refractivity contribution is 0.774. The molecule has 0 amide bonds. The van der Waals surface area contributed by atoms with E-state index in [0.29, 0.717) is 0 Å². The Kier molecular flexibility index (Phi) is 4.47. The van der Waals surface area contributed by atoms with Gasteiger partial charge >= 0.3 is 0 Å². The van der Waals surface area contributed by atoms with Gasteiger partial charge in [-0.05, 0) is 25.1 Å². The zero-order valence-electron chi connectivity index (χ0n) is 11.7. The van der Waals surface area contributed by atoms with E-state index in [2.05, 4.69) is 51.4 Å². The molecule has 1 N–H and O–H groups in total. The molecule has 0 saturated heterocycles. The van der Waals surface area contributed by atoms with Crippen LogP contribution in [0.15, 0.2) is 36.7 Å². The van der Waals surface area contributed by atoms with Crippen LogP contribution in [0, 0.1) is 6.92 Å². The standard InChI is InChI=1S/C15H20N4/c1-12-6-4-5-7-13(12)11-19(3)15-10-17-9-14(18-15)8-16-2/h4-7,9-10,16H,8,11H2,1-3H3. The molecule has 4 nitrogen and oxygen atoms in total. The van der Waals surface area contributed by atoms with Gasteiger partial charge in [0.1, 0.15) is 5.82 Å². The average molecular weight is 256 g/mol. The number of benzene rings is 1. The van der Waals surface area contributed by atoms with Crippen LogP contribution < -0.4 is 10.2 Å². The summed E-state index contributed by atoms with van der Waals surface area (Å²) in [4.78, 5) is 11.0. The first-order valence-corrected chi connectivity index (χ1v) is 6.42. The molecule has 1 heterocycles. The van der Waals surface area contributed by atoms with Crippen LogP contribution >= 0.6 is 0 Å². The van der Waals surface area contributed by atoms with Gasteiger partial charge in [-0.2, -0.15) is 0 Å². The molecule has 19 heavy (non-hydrogen) atoms. The molecule has 0 bridgehead atoms. The van der Waals surface area contributed by atoms with Gasteiger partial charge in [0.15, 0.2) is 0 Å². The van der Waals surface area contributed by atoms with Gasteiger partial charge in [-0.25, -0.2) is 4.98 Å². The van der Waals surface area contributed by atoms with Crippen LogP contribution in [0.1, 0.15) is 16.8 Å². The van der Waals surface area contributed by atoms with E-state index in [4.69, 9.17) is 0 Å². The van der Waals surface area contributed by atoms with Crippen molar-refractivity contribution in [2.45, 2.75) is 20.0 Å². The van der Waals surface area contributed by atoms with Gasteiger partial charge < -0.3 is 10.2 Å². The highest BCUT2D eigenvalue weighted by Gasteiger charge is 2.06. The minimum absolute atomic E-state index is 0.735. The fourth-order valence-corrected chi connectivity index (χ4v) is 1.97. The third kappa shape index (κ3) is 3.51. The molecule has 2 aromatic rings. The Morgan fingerprint density at radius 1 is 1.21 bits per heavy atom. The van der Waals surface area contributed by atoms with Crippen molar-refractivity contribution in [1.29, 1.82) is 0 Å². The molecule has 0 fully saturated rings. The summed E-state index contributed by atoms with van der Waals surface area (Å²) < 4.78 is 0. The number of hydrogen-bond acceptors (Lipinski definition) is 4. The summed E-state index contributed by atoms with van der Waals surface area (Å²) in [5, 5.41) is 3.09. The summed E-state index contributed by atoms with van der Waals surface area (Å²) >= 11 is 0. The van der Waals surface area contributed by atoms with Crippen molar-refractivity contribution in [2.75, 3.05) is 19.0 Å². The maximum absolute atomic E-state index is 4.59. The van der Waals surface area contributed by atoms with E-state index in [1.54, 1.807) is 12.4 Å². The Labute approximate surface area is 114 Å². The quantitative estimate of drug-likeness (QED) is 0.890. The molecule has 0 atom stereocenters. The van der Waals surface area contributed by atoms with E-state index >= 15 is 0 Å². The van der Waals surface area contributed by atoms with Gasteiger partial charge in [-0.1, -0.05) is 24.3 Å². The number of hydrogen-bond donors (Lipinski definition) is 1. The van der Waals surface area contributed by atoms with Crippen molar-refractivity contribution in [3.8, 4) is 0 Å². The van der Waals surface area contributed by atoms with Gasteiger partial charge in [-0.3, -0.25) is 4.98 Å². The van der Waals surface area contributed by atoms with E-state index < -0.39 is 0 Å². The largest absolute Gasteiger partial charge is 0.354 e. The minimum atomic E-state index is 0.735. The Bertz CT molecular complexity index is 539. The molecule has 0 saturated carbocycles. The zero-order chi connectivity index (χ0) is 13.7. The van der Waals surface area contributed by atoms with E-state index in [0.717, 1.165) is 24.6 Å². The number of nitrogens with zero attached hydrogens (tertiary/aromatic N) is 3. The molecule has 0 aliphatic heterocycles. The lowest BCUT2D eigenvalue weighted by atomic mass is 10.1. The molecule has 100 valence electrons. The number of nitrogens with one attached hydrogen (secondary N) is 1. The second-order valence-electron chi connectivity index (χ2n) is 4.68. The van der Waals surface area contributed by atoms with Crippen LogP contribution in [-0.2, 0) is 13.1 Å². The van der Waals surface area contributed by atoms with Crippen LogP contribution in [0.5, 0.6) is 0 Å². The summed E-state index contributed by atoms with van der Waals surface area (Å²) in [6.07, 6.45) is 3.60. The number of rotatable bonds is 5. The topological polar surface area (TPSA) is 41.1 Å². The molecule has 0 aliphatic rings. The predicted octanol–water partition coefficient (Wildman–Crippen LogP) is 2.14. The Hall–Kier alpha value is -1.94. The maximum atomic E-state index is 4.59. The van der Waals surface area contributed by atoms with Crippen LogP contribution in [0.4, 0.5) is 5.82 Å². The molecule has 1 aromatic heterocycles. The second-order valence-corrected chi connectivity index (χ2v) is 4.68. The summed E-state index contributed by atoms with van der Waals surface area (Å²) in [5.41, 5.74) is 3.57. The van der Waals surface area contributed by atoms with Crippen molar-refractivity contribution < 1.29 is 0 Å². The average Bonchev–Trinajstić information content (AvgIpc) is 2.42. The Morgan fingerprint density at radius 2 is 2.00 bits per heavy atom. The van der Waals surface area contributed by atoms with Crippen LogP contribution in [0.3, 0.4) is 0 Å². The van der Waals surface area contributed by atoms with Gasteiger partial charge in [0, 0.05) is 26.3 Å². The Morgan fingerprint density at radius 3 is 2.74 bits per heavy atom. The van der Waals surface area contributed by atoms with Crippen LogP contribution in [-0.4, -0.2) is 24.1 Å². The molecular weight excluding hydrogens is 236 g/mol. The second kappa shape index (κ2) is 6.29. The number of aryl methyl sites for hydroxylation is 1. The fourth-order valence-electron chi connectivity index (χ4n) is 1.97. The van der Waals surface area contributed by atoms with Crippen molar-refractivity contribution in [3.05, 3.63) is 53.5 Å². The van der Waals surface area contributed by atoms with Crippen molar-refractivity contribution in [1.82, 2.24) is 15.3 Å². The molecular formula is C15H20N4. The Balaban J connectivity index is 2.13. The van der Waals surface area contributed by atoms with Gasteiger partial charge in [0.2, 0.25) is 0 Å². The molecule has 0 radical (unpaired) electrons. The predicted molar refractivity (Wildman–Crippen MR) is 78.1 cm³/mol. The first-order chi connectivity index (χ1) is 9.20. The minimum Gasteiger partial charge on any atom is -0.354 e. The number of anilines is 1. The third-order valence-corrected chi connectivity index (χ3v) is 3.09. The molecule has 4 heteroatoms. The molecule has 1 aromatic carbocycles. The van der Waals surface area contributed by atoms with Crippen molar-refractivity contribution in [3.63, 3.8) is 0 Å². The first-order valence-electron chi connectivity index (χ1n) is 6.42. The van der Waals surface area contributed by atoms with E-state index in [1.165, 1.54) is 11.1 Å². The fraction of sp³-hybridized carbons (Fsp3) is 0.333. The normalized spacial score (nSPS) is 10.5. The van der Waals surface area contributed by atoms with Gasteiger partial charge in [0.05, 0.1) is 11.9 Å². The first kappa shape index (κ1) is 13.5. The summed E-state index contributed by atoms with van der Waals surface area (Å²) in [5.74, 6) is 0.899. The molecule has 0 unspecified atom stereocenters. The highest BCUT2D eigenvalue weighted by molar-refractivity contribution is 5.38. The molecule has 0 aliphatic carbocycles. The zero-order valence-corrected chi connectivity index (χ0v) is 11.7. The van der Waals surface area contributed by atoms with Crippen LogP contribution in [0.2, 0.25) is 0 Å². The summed E-state index contributed by atoms with van der Waals surface area (Å²) in [7, 11) is 3.95. The van der Waals surface area contributed by atoms with Crippen molar-refractivity contribution >= 4 is 5.82 Å². The van der Waals surface area contributed by atoms with Crippen molar-refractivity contribution in [2.24, 2.45) is 0 Å². The van der Waals surface area contributed by atoms with E-state index in [9.17, 15) is 0 Å². The SMILES string of the molecule is CNCc1cncc(N(C)Cc2ccccc2C)n1. The molecule has 0 spiro atoms. The lowest BCUT2D eigenvalue weighted by Gasteiger charge is -2.19. The number of aromatic nitrogens is 2.